The standard InChI is InChI=1S/C25H34O5S2/c1-5-9-23(31-3)22(26)10-7-8-17-30-20-11-13-21(14-12-20)32(4,28)25(24(27)6-2)15-18-29-19-16-25/h5,9,11-14H,1,4,6-8,10,15-19H2,2-3H3/b23-9-. The first-order valence-corrected chi connectivity index (χ1v) is 13.9. The first-order valence-electron chi connectivity index (χ1n) is 10.9. The van der Waals surface area contributed by atoms with Gasteiger partial charge in [0.25, 0.3) is 0 Å². The number of hydrogen-bond acceptors (Lipinski definition) is 6. The van der Waals surface area contributed by atoms with E-state index in [1.807, 2.05) is 6.26 Å². The van der Waals surface area contributed by atoms with Crippen LogP contribution in [0.5, 0.6) is 5.75 Å². The minimum absolute atomic E-state index is 0.0109. The molecule has 1 unspecified atom stereocenters. The smallest absolute Gasteiger partial charge is 0.169 e. The number of rotatable bonds is 13. The van der Waals surface area contributed by atoms with E-state index >= 15 is 0 Å². The zero-order valence-electron chi connectivity index (χ0n) is 19.1. The van der Waals surface area contributed by atoms with Crippen LogP contribution in [0.1, 0.15) is 45.4 Å². The number of carbonyl (C=O) groups is 2. The van der Waals surface area contributed by atoms with E-state index in [9.17, 15) is 13.8 Å². The maximum absolute atomic E-state index is 13.8. The highest BCUT2D eigenvalue weighted by atomic mass is 32.2. The Hall–Kier alpha value is -1.83. The van der Waals surface area contributed by atoms with E-state index in [4.69, 9.17) is 9.47 Å². The van der Waals surface area contributed by atoms with Gasteiger partial charge in [0.15, 0.2) is 11.6 Å². The molecular formula is C25H34O5S2. The van der Waals surface area contributed by atoms with Crippen molar-refractivity contribution in [3.8, 4) is 5.75 Å². The third-order valence-corrected chi connectivity index (χ3v) is 9.53. The zero-order chi connectivity index (χ0) is 23.6. The van der Waals surface area contributed by atoms with Gasteiger partial charge in [0, 0.05) is 40.5 Å². The van der Waals surface area contributed by atoms with Gasteiger partial charge in [-0.2, -0.15) is 0 Å². The Morgan fingerprint density at radius 3 is 2.44 bits per heavy atom. The van der Waals surface area contributed by atoms with Gasteiger partial charge in [0.1, 0.15) is 10.5 Å². The van der Waals surface area contributed by atoms with Crippen molar-refractivity contribution in [2.24, 2.45) is 0 Å². The van der Waals surface area contributed by atoms with Crippen LogP contribution in [0.15, 0.2) is 52.8 Å². The minimum Gasteiger partial charge on any atom is -0.494 e. The third kappa shape index (κ3) is 6.15. The maximum Gasteiger partial charge on any atom is 0.169 e. The highest BCUT2D eigenvalue weighted by Crippen LogP contribution is 2.37. The van der Waals surface area contributed by atoms with Crippen molar-refractivity contribution in [1.82, 2.24) is 0 Å². The Morgan fingerprint density at radius 1 is 1.22 bits per heavy atom. The molecule has 32 heavy (non-hydrogen) atoms. The van der Waals surface area contributed by atoms with Gasteiger partial charge in [-0.25, -0.2) is 0 Å². The van der Waals surface area contributed by atoms with Crippen molar-refractivity contribution in [2.45, 2.75) is 55.1 Å². The van der Waals surface area contributed by atoms with E-state index < -0.39 is 14.3 Å². The fraction of sp³-hybridized carbons (Fsp3) is 0.480. The molecule has 7 heteroatoms. The molecule has 1 aliphatic heterocycles. The van der Waals surface area contributed by atoms with Crippen LogP contribution in [0.25, 0.3) is 0 Å². The molecule has 0 N–H and O–H groups in total. The summed E-state index contributed by atoms with van der Waals surface area (Å²) in [6, 6.07) is 7.04. The molecule has 2 rings (SSSR count). The molecule has 0 aromatic heterocycles. The summed E-state index contributed by atoms with van der Waals surface area (Å²) in [4.78, 5) is 26.2. The van der Waals surface area contributed by atoms with E-state index in [2.05, 4.69) is 12.4 Å². The summed E-state index contributed by atoms with van der Waals surface area (Å²) < 4.78 is 24.0. The molecule has 0 radical (unpaired) electrons. The Bertz CT molecular complexity index is 924. The van der Waals surface area contributed by atoms with E-state index in [1.165, 1.54) is 11.8 Å². The molecule has 1 heterocycles. The summed E-state index contributed by atoms with van der Waals surface area (Å²) >= 11 is 1.43. The highest BCUT2D eigenvalue weighted by molar-refractivity contribution is 8.03. The van der Waals surface area contributed by atoms with Crippen molar-refractivity contribution in [3.63, 3.8) is 0 Å². The van der Waals surface area contributed by atoms with E-state index in [1.54, 1.807) is 43.3 Å². The van der Waals surface area contributed by atoms with Crippen molar-refractivity contribution in [1.29, 1.82) is 0 Å². The van der Waals surface area contributed by atoms with Gasteiger partial charge in [-0.1, -0.05) is 19.6 Å². The quantitative estimate of drug-likeness (QED) is 0.175. The zero-order valence-corrected chi connectivity index (χ0v) is 20.7. The van der Waals surface area contributed by atoms with E-state index in [-0.39, 0.29) is 11.6 Å². The summed E-state index contributed by atoms with van der Waals surface area (Å²) in [7, 11) is -2.84. The van der Waals surface area contributed by atoms with Crippen molar-refractivity contribution < 1.29 is 23.3 Å². The van der Waals surface area contributed by atoms with Crippen LogP contribution < -0.4 is 4.74 Å². The predicted molar refractivity (Wildman–Crippen MR) is 134 cm³/mol. The fourth-order valence-corrected chi connectivity index (χ4v) is 6.81. The number of benzene rings is 1. The molecule has 176 valence electrons. The summed E-state index contributed by atoms with van der Waals surface area (Å²) in [5.74, 6) is 4.81. The van der Waals surface area contributed by atoms with Gasteiger partial charge in [0.05, 0.1) is 11.5 Å². The lowest BCUT2D eigenvalue weighted by Gasteiger charge is -2.38. The molecule has 0 amide bonds. The third-order valence-electron chi connectivity index (χ3n) is 5.80. The second-order valence-corrected chi connectivity index (χ2v) is 11.2. The lowest BCUT2D eigenvalue weighted by atomic mass is 9.92. The second kappa shape index (κ2) is 12.4. The van der Waals surface area contributed by atoms with Gasteiger partial charge in [-0.15, -0.1) is 11.8 Å². The first kappa shape index (κ1) is 26.4. The number of ether oxygens (including phenoxy) is 2. The normalized spacial score (nSPS) is 17.9. The van der Waals surface area contributed by atoms with Crippen LogP contribution in [-0.4, -0.2) is 52.5 Å². The minimum atomic E-state index is -2.84. The number of carbonyl (C=O) groups excluding carboxylic acids is 2. The van der Waals surface area contributed by atoms with Gasteiger partial charge in [0.2, 0.25) is 0 Å². The summed E-state index contributed by atoms with van der Waals surface area (Å²) in [5, 5.41) is 0. The Kier molecular flexibility index (Phi) is 10.3. The average molecular weight is 479 g/mol. The number of allylic oxidation sites excluding steroid dienone is 3. The second-order valence-electron chi connectivity index (χ2n) is 7.73. The number of unbranched alkanes of at least 4 members (excludes halogenated alkanes) is 1. The predicted octanol–water partition coefficient (Wildman–Crippen LogP) is 4.84. The van der Waals surface area contributed by atoms with E-state index in [0.29, 0.717) is 56.1 Å². The number of Topliss-reactive ketones (excluding diaryl/α,β-unsaturated/α-hetero) is 2. The monoisotopic (exact) mass is 478 g/mol. The number of ketones is 2. The van der Waals surface area contributed by atoms with Crippen molar-refractivity contribution in [2.75, 3.05) is 26.1 Å². The summed E-state index contributed by atoms with van der Waals surface area (Å²) in [6.45, 7) is 6.76. The molecule has 0 bridgehead atoms. The lowest BCUT2D eigenvalue weighted by Crippen LogP contribution is -2.50. The lowest BCUT2D eigenvalue weighted by molar-refractivity contribution is -0.123. The summed E-state index contributed by atoms with van der Waals surface area (Å²) in [6.07, 6.45) is 8.41. The Labute approximate surface area is 196 Å². The van der Waals surface area contributed by atoms with Crippen molar-refractivity contribution in [3.05, 3.63) is 47.9 Å². The van der Waals surface area contributed by atoms with Crippen LogP contribution in [0.4, 0.5) is 0 Å². The van der Waals surface area contributed by atoms with Crippen LogP contribution >= 0.6 is 11.8 Å². The average Bonchev–Trinajstić information content (AvgIpc) is 2.82. The largest absolute Gasteiger partial charge is 0.494 e. The molecule has 1 aromatic carbocycles. The fourth-order valence-electron chi connectivity index (χ4n) is 3.88. The van der Waals surface area contributed by atoms with Crippen LogP contribution in [-0.2, 0) is 23.8 Å². The SMILES string of the molecule is C=C/C=C(\SC)C(=O)CCCCOc1ccc(S(=C)(=O)C2(C(=O)CC)CCOCC2)cc1. The molecule has 0 saturated carbocycles. The van der Waals surface area contributed by atoms with Gasteiger partial charge in [-0.05, 0) is 68.2 Å². The number of hydrogen-bond donors (Lipinski definition) is 0. The Balaban J connectivity index is 1.95. The molecule has 1 atom stereocenters. The molecule has 0 spiro atoms. The van der Waals surface area contributed by atoms with Gasteiger partial charge in [-0.3, -0.25) is 13.8 Å². The molecular weight excluding hydrogens is 444 g/mol. The van der Waals surface area contributed by atoms with Crippen LogP contribution in [0, 0.1) is 0 Å². The molecule has 0 aliphatic carbocycles. The molecule has 1 aliphatic rings. The molecule has 1 fully saturated rings. The van der Waals surface area contributed by atoms with Crippen LogP contribution in [0.3, 0.4) is 0 Å². The van der Waals surface area contributed by atoms with E-state index in [0.717, 1.165) is 17.7 Å². The maximum atomic E-state index is 13.8. The molecule has 5 nitrogen and oxygen atoms in total. The number of thioether (sulfide) groups is 1. The topological polar surface area (TPSA) is 69.7 Å². The first-order chi connectivity index (χ1) is 15.3. The highest BCUT2D eigenvalue weighted by Gasteiger charge is 2.46. The Morgan fingerprint density at radius 2 is 1.88 bits per heavy atom. The molecule has 1 aromatic rings. The van der Waals surface area contributed by atoms with Crippen molar-refractivity contribution >= 4 is 38.7 Å². The molecule has 1 saturated heterocycles. The van der Waals surface area contributed by atoms with Gasteiger partial charge < -0.3 is 9.47 Å². The van der Waals surface area contributed by atoms with Gasteiger partial charge >= 0.3 is 0 Å². The van der Waals surface area contributed by atoms with Crippen LogP contribution in [0.2, 0.25) is 0 Å². The summed E-state index contributed by atoms with van der Waals surface area (Å²) in [5.41, 5.74) is 0.